The number of benzene rings is 1. The molecular formula is C15H13ClO5. The maximum absolute atomic E-state index is 11.5. The first-order chi connectivity index (χ1) is 10.0. The summed E-state index contributed by atoms with van der Waals surface area (Å²) in [5, 5.41) is -0.326. The summed E-state index contributed by atoms with van der Waals surface area (Å²) in [6, 6.07) is 6.32. The molecule has 2 rings (SSSR count). The summed E-state index contributed by atoms with van der Waals surface area (Å²) in [6.45, 7) is 2.02. The molecule has 5 nitrogen and oxygen atoms in total. The first-order valence-corrected chi connectivity index (χ1v) is 6.81. The minimum Gasteiger partial charge on any atom is -0.461 e. The van der Waals surface area contributed by atoms with Crippen LogP contribution in [0.4, 0.5) is 0 Å². The molecule has 0 unspecified atom stereocenters. The first kappa shape index (κ1) is 15.3. The van der Waals surface area contributed by atoms with Crippen LogP contribution in [0.5, 0.6) is 0 Å². The zero-order valence-electron chi connectivity index (χ0n) is 11.3. The second-order valence-electron chi connectivity index (χ2n) is 4.50. The van der Waals surface area contributed by atoms with Crippen molar-refractivity contribution in [3.8, 4) is 0 Å². The van der Waals surface area contributed by atoms with Crippen molar-refractivity contribution in [2.75, 3.05) is 0 Å². The number of hydrogen-bond donors (Lipinski definition) is 0. The SMILES string of the molecule is CCCC(=O)OCc1ccc2oc(=O)c(C(=O)Cl)cc2c1. The van der Waals surface area contributed by atoms with Crippen molar-refractivity contribution >= 4 is 33.8 Å². The van der Waals surface area contributed by atoms with E-state index in [4.69, 9.17) is 20.8 Å². The Labute approximate surface area is 125 Å². The van der Waals surface area contributed by atoms with Gasteiger partial charge in [-0.15, -0.1) is 0 Å². The van der Waals surface area contributed by atoms with Gasteiger partial charge in [-0.3, -0.25) is 9.59 Å². The van der Waals surface area contributed by atoms with Crippen LogP contribution in [0.2, 0.25) is 0 Å². The minimum atomic E-state index is -0.870. The van der Waals surface area contributed by atoms with Crippen LogP contribution in [-0.2, 0) is 16.1 Å². The highest BCUT2D eigenvalue weighted by atomic mass is 35.5. The van der Waals surface area contributed by atoms with Crippen molar-refractivity contribution in [3.05, 3.63) is 45.8 Å². The first-order valence-electron chi connectivity index (χ1n) is 6.43. The van der Waals surface area contributed by atoms with Crippen molar-refractivity contribution in [3.63, 3.8) is 0 Å². The molecule has 0 saturated carbocycles. The van der Waals surface area contributed by atoms with Gasteiger partial charge in [0, 0.05) is 11.8 Å². The molecule has 110 valence electrons. The molecule has 6 heteroatoms. The molecule has 0 spiro atoms. The largest absolute Gasteiger partial charge is 0.461 e. The predicted molar refractivity (Wildman–Crippen MR) is 77.4 cm³/mol. The molecule has 2 aromatic rings. The van der Waals surface area contributed by atoms with E-state index in [0.717, 1.165) is 12.0 Å². The van der Waals surface area contributed by atoms with Gasteiger partial charge in [0.25, 0.3) is 5.24 Å². The molecule has 0 aliphatic rings. The van der Waals surface area contributed by atoms with Gasteiger partial charge in [0.2, 0.25) is 0 Å². The molecule has 21 heavy (non-hydrogen) atoms. The number of esters is 1. The van der Waals surface area contributed by atoms with Crippen molar-refractivity contribution in [1.29, 1.82) is 0 Å². The predicted octanol–water partition coefficient (Wildman–Crippen LogP) is 3.02. The molecule has 0 fully saturated rings. The Hall–Kier alpha value is -2.14. The zero-order chi connectivity index (χ0) is 15.4. The van der Waals surface area contributed by atoms with Crippen LogP contribution in [0, 0.1) is 0 Å². The molecule has 0 radical (unpaired) electrons. The Morgan fingerprint density at radius 2 is 2.05 bits per heavy atom. The molecule has 0 saturated heterocycles. The van der Waals surface area contributed by atoms with Gasteiger partial charge in [-0.1, -0.05) is 13.0 Å². The van der Waals surface area contributed by atoms with E-state index in [1.165, 1.54) is 6.07 Å². The Morgan fingerprint density at radius 1 is 1.29 bits per heavy atom. The molecule has 0 atom stereocenters. The lowest BCUT2D eigenvalue weighted by molar-refractivity contribution is -0.144. The lowest BCUT2D eigenvalue weighted by Crippen LogP contribution is -2.09. The highest BCUT2D eigenvalue weighted by molar-refractivity contribution is 6.67. The van der Waals surface area contributed by atoms with Gasteiger partial charge < -0.3 is 9.15 Å². The van der Waals surface area contributed by atoms with Gasteiger partial charge in [0.05, 0.1) is 0 Å². The van der Waals surface area contributed by atoms with Gasteiger partial charge in [-0.25, -0.2) is 4.79 Å². The van der Waals surface area contributed by atoms with E-state index in [9.17, 15) is 14.4 Å². The fourth-order valence-electron chi connectivity index (χ4n) is 1.84. The zero-order valence-corrected chi connectivity index (χ0v) is 12.1. The number of carbonyl (C=O) groups is 2. The van der Waals surface area contributed by atoms with E-state index in [1.807, 2.05) is 6.92 Å². The molecular weight excluding hydrogens is 296 g/mol. The maximum atomic E-state index is 11.5. The molecule has 0 aliphatic carbocycles. The second kappa shape index (κ2) is 6.54. The monoisotopic (exact) mass is 308 g/mol. The number of halogens is 1. The maximum Gasteiger partial charge on any atom is 0.348 e. The Bertz CT molecular complexity index is 747. The van der Waals surface area contributed by atoms with E-state index in [-0.39, 0.29) is 18.1 Å². The van der Waals surface area contributed by atoms with Gasteiger partial charge in [0.1, 0.15) is 17.8 Å². The van der Waals surface area contributed by atoms with E-state index in [2.05, 4.69) is 0 Å². The molecule has 0 bridgehead atoms. The fraction of sp³-hybridized carbons (Fsp3) is 0.267. The molecule has 0 aliphatic heterocycles. The van der Waals surface area contributed by atoms with E-state index < -0.39 is 10.9 Å². The van der Waals surface area contributed by atoms with Crippen molar-refractivity contribution in [2.24, 2.45) is 0 Å². The van der Waals surface area contributed by atoms with Crippen LogP contribution in [0.3, 0.4) is 0 Å². The van der Waals surface area contributed by atoms with Crippen LogP contribution in [0.25, 0.3) is 11.0 Å². The van der Waals surface area contributed by atoms with Crippen molar-refractivity contribution in [1.82, 2.24) is 0 Å². The summed E-state index contributed by atoms with van der Waals surface area (Å²) in [5.41, 5.74) is 0.0768. The van der Waals surface area contributed by atoms with Gasteiger partial charge in [-0.2, -0.15) is 0 Å². The van der Waals surface area contributed by atoms with E-state index in [0.29, 0.717) is 17.4 Å². The van der Waals surface area contributed by atoms with Gasteiger partial charge in [0.15, 0.2) is 0 Å². The molecule has 0 N–H and O–H groups in total. The summed E-state index contributed by atoms with van der Waals surface area (Å²) >= 11 is 5.32. The lowest BCUT2D eigenvalue weighted by atomic mass is 10.1. The van der Waals surface area contributed by atoms with E-state index in [1.54, 1.807) is 18.2 Å². The average Bonchev–Trinajstić information content (AvgIpc) is 2.44. The Kier molecular flexibility index (Phi) is 4.75. The Balaban J connectivity index is 2.28. The standard InChI is InChI=1S/C15H13ClO5/c1-2-3-13(17)20-8-9-4-5-12-10(6-9)7-11(14(16)18)15(19)21-12/h4-7H,2-3,8H2,1H3. The number of rotatable bonds is 5. The summed E-state index contributed by atoms with van der Waals surface area (Å²) in [4.78, 5) is 33.9. The summed E-state index contributed by atoms with van der Waals surface area (Å²) in [5.74, 6) is -0.270. The van der Waals surface area contributed by atoms with Crippen LogP contribution < -0.4 is 5.63 Å². The topological polar surface area (TPSA) is 73.6 Å². The Morgan fingerprint density at radius 3 is 2.71 bits per heavy atom. The van der Waals surface area contributed by atoms with Crippen LogP contribution in [-0.4, -0.2) is 11.2 Å². The fourth-order valence-corrected chi connectivity index (χ4v) is 1.97. The third-order valence-corrected chi connectivity index (χ3v) is 3.07. The highest BCUT2D eigenvalue weighted by Crippen LogP contribution is 2.17. The summed E-state index contributed by atoms with van der Waals surface area (Å²) < 4.78 is 10.1. The van der Waals surface area contributed by atoms with Crippen molar-refractivity contribution < 1.29 is 18.7 Å². The molecule has 1 aromatic carbocycles. The normalized spacial score (nSPS) is 10.6. The van der Waals surface area contributed by atoms with Crippen LogP contribution in [0.1, 0.15) is 35.7 Å². The third-order valence-electron chi connectivity index (χ3n) is 2.86. The number of ether oxygens (including phenoxy) is 1. The number of carbonyl (C=O) groups excluding carboxylic acids is 2. The molecule has 1 heterocycles. The minimum absolute atomic E-state index is 0.123. The van der Waals surface area contributed by atoms with Crippen LogP contribution in [0.15, 0.2) is 33.5 Å². The smallest absolute Gasteiger partial charge is 0.348 e. The summed E-state index contributed by atoms with van der Waals surface area (Å²) in [7, 11) is 0. The average molecular weight is 309 g/mol. The van der Waals surface area contributed by atoms with Gasteiger partial charge >= 0.3 is 11.6 Å². The van der Waals surface area contributed by atoms with Crippen molar-refractivity contribution in [2.45, 2.75) is 26.4 Å². The second-order valence-corrected chi connectivity index (χ2v) is 4.85. The van der Waals surface area contributed by atoms with E-state index >= 15 is 0 Å². The third kappa shape index (κ3) is 3.70. The number of hydrogen-bond acceptors (Lipinski definition) is 5. The van der Waals surface area contributed by atoms with Gasteiger partial charge in [-0.05, 0) is 41.8 Å². The summed E-state index contributed by atoms with van der Waals surface area (Å²) in [6.07, 6.45) is 1.09. The quantitative estimate of drug-likeness (QED) is 0.482. The van der Waals surface area contributed by atoms with Crippen LogP contribution >= 0.6 is 11.6 Å². The number of fused-ring (bicyclic) bond motifs is 1. The lowest BCUT2D eigenvalue weighted by Gasteiger charge is -2.05. The molecule has 1 aromatic heterocycles. The highest BCUT2D eigenvalue weighted by Gasteiger charge is 2.11. The molecule has 0 amide bonds.